The lowest BCUT2D eigenvalue weighted by Gasteiger charge is -2.56. The zero-order valence-corrected chi connectivity index (χ0v) is 10.9. The Morgan fingerprint density at radius 2 is 1.78 bits per heavy atom. The standard InChI is InChI=1S/C14H22N4/c15-7-13-8-18(17-16-13)9-14-4-10-1-11(5-14)3-12(2-10)6-14/h8,10-12H,1-7,9,15H2. The predicted octanol–water partition coefficient (Wildman–Crippen LogP) is 1.95. The van der Waals surface area contributed by atoms with Gasteiger partial charge >= 0.3 is 0 Å². The summed E-state index contributed by atoms with van der Waals surface area (Å²) in [4.78, 5) is 0. The van der Waals surface area contributed by atoms with Crippen molar-refractivity contribution in [2.45, 2.75) is 51.6 Å². The van der Waals surface area contributed by atoms with Gasteiger partial charge in [-0.15, -0.1) is 5.10 Å². The van der Waals surface area contributed by atoms with E-state index >= 15 is 0 Å². The van der Waals surface area contributed by atoms with Gasteiger partial charge in [0.1, 0.15) is 0 Å². The molecule has 1 aromatic heterocycles. The highest BCUT2D eigenvalue weighted by Crippen LogP contribution is 2.60. The molecule has 0 unspecified atom stereocenters. The molecule has 2 N–H and O–H groups in total. The molecule has 0 saturated heterocycles. The maximum Gasteiger partial charge on any atom is 0.0962 e. The first-order chi connectivity index (χ1) is 8.75. The van der Waals surface area contributed by atoms with Crippen molar-refractivity contribution in [3.8, 4) is 0 Å². The van der Waals surface area contributed by atoms with Crippen LogP contribution in [0.3, 0.4) is 0 Å². The number of hydrogen-bond acceptors (Lipinski definition) is 3. The van der Waals surface area contributed by atoms with Crippen molar-refractivity contribution in [2.75, 3.05) is 0 Å². The van der Waals surface area contributed by atoms with Gasteiger partial charge in [0.05, 0.1) is 5.69 Å². The fourth-order valence-corrected chi connectivity index (χ4v) is 5.34. The average Bonchev–Trinajstić information content (AvgIpc) is 2.74. The molecule has 0 radical (unpaired) electrons. The summed E-state index contributed by atoms with van der Waals surface area (Å²) in [6.45, 7) is 1.57. The van der Waals surface area contributed by atoms with Gasteiger partial charge in [-0.1, -0.05) is 5.21 Å². The molecule has 0 atom stereocenters. The van der Waals surface area contributed by atoms with Crippen LogP contribution in [0.2, 0.25) is 0 Å². The number of hydrogen-bond donors (Lipinski definition) is 1. The van der Waals surface area contributed by atoms with E-state index < -0.39 is 0 Å². The highest BCUT2D eigenvalue weighted by molar-refractivity contribution is 5.02. The third-order valence-electron chi connectivity index (χ3n) is 5.46. The summed E-state index contributed by atoms with van der Waals surface area (Å²) in [5.41, 5.74) is 7.06. The zero-order chi connectivity index (χ0) is 12.2. The topological polar surface area (TPSA) is 56.7 Å². The van der Waals surface area contributed by atoms with E-state index in [1.165, 1.54) is 38.5 Å². The van der Waals surface area contributed by atoms with E-state index in [2.05, 4.69) is 15.0 Å². The minimum absolute atomic E-state index is 0.501. The predicted molar refractivity (Wildman–Crippen MR) is 68.5 cm³/mol. The molecule has 0 aliphatic heterocycles. The van der Waals surface area contributed by atoms with Crippen molar-refractivity contribution in [1.82, 2.24) is 15.0 Å². The molecular weight excluding hydrogens is 224 g/mol. The Morgan fingerprint density at radius 1 is 1.17 bits per heavy atom. The van der Waals surface area contributed by atoms with Gasteiger partial charge in [0.25, 0.3) is 0 Å². The molecule has 18 heavy (non-hydrogen) atoms. The van der Waals surface area contributed by atoms with Crippen LogP contribution in [0.5, 0.6) is 0 Å². The maximum absolute atomic E-state index is 5.61. The van der Waals surface area contributed by atoms with E-state index in [9.17, 15) is 0 Å². The average molecular weight is 246 g/mol. The van der Waals surface area contributed by atoms with Crippen LogP contribution in [0, 0.1) is 23.2 Å². The second-order valence-corrected chi connectivity index (χ2v) is 7.03. The van der Waals surface area contributed by atoms with E-state index in [0.717, 1.165) is 30.0 Å². The van der Waals surface area contributed by atoms with Gasteiger partial charge in [-0.3, -0.25) is 4.68 Å². The number of nitrogens with zero attached hydrogens (tertiary/aromatic N) is 3. The molecule has 0 spiro atoms. The Balaban J connectivity index is 1.56. The monoisotopic (exact) mass is 246 g/mol. The molecule has 1 aromatic rings. The molecular formula is C14H22N4. The molecule has 1 heterocycles. The van der Waals surface area contributed by atoms with Crippen molar-refractivity contribution in [2.24, 2.45) is 28.9 Å². The minimum atomic E-state index is 0.501. The summed E-state index contributed by atoms with van der Waals surface area (Å²) < 4.78 is 2.05. The molecule has 4 bridgehead atoms. The van der Waals surface area contributed by atoms with Crippen LogP contribution < -0.4 is 5.73 Å². The number of nitrogens with two attached hydrogens (primary N) is 1. The van der Waals surface area contributed by atoms with Crippen LogP contribution in [0.25, 0.3) is 0 Å². The van der Waals surface area contributed by atoms with E-state index in [0.29, 0.717) is 12.0 Å². The molecule has 0 amide bonds. The van der Waals surface area contributed by atoms with Gasteiger partial charge in [0.15, 0.2) is 0 Å². The summed E-state index contributed by atoms with van der Waals surface area (Å²) in [5.74, 6) is 3.02. The smallest absolute Gasteiger partial charge is 0.0962 e. The Hall–Kier alpha value is -0.900. The van der Waals surface area contributed by atoms with Crippen molar-refractivity contribution < 1.29 is 0 Å². The van der Waals surface area contributed by atoms with E-state index in [4.69, 9.17) is 5.73 Å². The molecule has 4 aliphatic carbocycles. The van der Waals surface area contributed by atoms with E-state index in [1.807, 2.05) is 6.20 Å². The summed E-state index contributed by atoms with van der Waals surface area (Å²) >= 11 is 0. The van der Waals surface area contributed by atoms with Gasteiger partial charge < -0.3 is 5.73 Å². The Bertz CT molecular complexity index is 415. The molecule has 4 saturated carbocycles. The summed E-state index contributed by atoms with van der Waals surface area (Å²) in [7, 11) is 0. The second-order valence-electron chi connectivity index (χ2n) is 7.03. The normalized spacial score (nSPS) is 41.5. The lowest BCUT2D eigenvalue weighted by molar-refractivity contribution is -0.0637. The fraction of sp³-hybridized carbons (Fsp3) is 0.857. The van der Waals surface area contributed by atoms with Crippen molar-refractivity contribution in [3.63, 3.8) is 0 Å². The molecule has 0 aromatic carbocycles. The van der Waals surface area contributed by atoms with Crippen LogP contribution in [0.15, 0.2) is 6.20 Å². The molecule has 4 nitrogen and oxygen atoms in total. The van der Waals surface area contributed by atoms with E-state index in [1.54, 1.807) is 0 Å². The van der Waals surface area contributed by atoms with Gasteiger partial charge in [0, 0.05) is 19.3 Å². The first kappa shape index (κ1) is 11.0. The lowest BCUT2D eigenvalue weighted by Crippen LogP contribution is -2.48. The quantitative estimate of drug-likeness (QED) is 0.887. The fourth-order valence-electron chi connectivity index (χ4n) is 5.34. The Kier molecular flexibility index (Phi) is 2.31. The zero-order valence-electron chi connectivity index (χ0n) is 10.9. The third kappa shape index (κ3) is 1.69. The van der Waals surface area contributed by atoms with Crippen molar-refractivity contribution in [3.05, 3.63) is 11.9 Å². The van der Waals surface area contributed by atoms with Crippen LogP contribution in [-0.4, -0.2) is 15.0 Å². The first-order valence-electron chi connectivity index (χ1n) is 7.34. The summed E-state index contributed by atoms with van der Waals surface area (Å²) in [6.07, 6.45) is 10.8. The molecule has 4 fully saturated rings. The second kappa shape index (κ2) is 3.80. The van der Waals surface area contributed by atoms with Gasteiger partial charge in [-0.2, -0.15) is 0 Å². The minimum Gasteiger partial charge on any atom is -0.325 e. The van der Waals surface area contributed by atoms with Gasteiger partial charge in [-0.25, -0.2) is 0 Å². The molecule has 4 aliphatic rings. The number of rotatable bonds is 3. The Labute approximate surface area is 108 Å². The SMILES string of the molecule is NCc1cn(CC23CC4CC(CC(C4)C2)C3)nn1. The summed E-state index contributed by atoms with van der Waals surface area (Å²) in [5, 5.41) is 8.37. The van der Waals surface area contributed by atoms with Gasteiger partial charge in [-0.05, 0) is 61.7 Å². The van der Waals surface area contributed by atoms with Crippen molar-refractivity contribution in [1.29, 1.82) is 0 Å². The van der Waals surface area contributed by atoms with E-state index in [-0.39, 0.29) is 0 Å². The first-order valence-corrected chi connectivity index (χ1v) is 7.34. The Morgan fingerprint density at radius 3 is 2.28 bits per heavy atom. The number of aromatic nitrogens is 3. The van der Waals surface area contributed by atoms with Crippen LogP contribution in [0.1, 0.15) is 44.2 Å². The van der Waals surface area contributed by atoms with Gasteiger partial charge in [0.2, 0.25) is 0 Å². The lowest BCUT2D eigenvalue weighted by atomic mass is 9.49. The van der Waals surface area contributed by atoms with Crippen molar-refractivity contribution >= 4 is 0 Å². The highest BCUT2D eigenvalue weighted by Gasteiger charge is 2.50. The highest BCUT2D eigenvalue weighted by atomic mass is 15.4. The van der Waals surface area contributed by atoms with Crippen LogP contribution in [0.4, 0.5) is 0 Å². The third-order valence-corrected chi connectivity index (χ3v) is 5.46. The molecule has 98 valence electrons. The van der Waals surface area contributed by atoms with Crippen LogP contribution >= 0.6 is 0 Å². The molecule has 4 heteroatoms. The molecule has 5 rings (SSSR count). The van der Waals surface area contributed by atoms with Crippen LogP contribution in [-0.2, 0) is 13.1 Å². The summed E-state index contributed by atoms with van der Waals surface area (Å²) in [6, 6.07) is 0. The largest absolute Gasteiger partial charge is 0.325 e. The maximum atomic E-state index is 5.61.